The molecule has 0 saturated heterocycles. The number of fused-ring (bicyclic) bond motifs is 1. The summed E-state index contributed by atoms with van der Waals surface area (Å²) in [4.78, 5) is 6.68. The Bertz CT molecular complexity index is 505. The third kappa shape index (κ3) is 4.67. The van der Waals surface area contributed by atoms with Gasteiger partial charge < -0.3 is 4.90 Å². The molecular formula is C17H28N4. The maximum Gasteiger partial charge on any atom is 0.111 e. The van der Waals surface area contributed by atoms with Crippen LogP contribution in [-0.4, -0.2) is 33.3 Å². The highest BCUT2D eigenvalue weighted by Gasteiger charge is 2.14. The third-order valence-electron chi connectivity index (χ3n) is 3.13. The van der Waals surface area contributed by atoms with Crippen molar-refractivity contribution in [2.45, 2.75) is 47.2 Å². The summed E-state index contributed by atoms with van der Waals surface area (Å²) in [5, 5.41) is 4.64. The zero-order valence-corrected chi connectivity index (χ0v) is 14.0. The van der Waals surface area contributed by atoms with Crippen LogP contribution < -0.4 is 0 Å². The van der Waals surface area contributed by atoms with Gasteiger partial charge in [-0.3, -0.25) is 9.67 Å². The van der Waals surface area contributed by atoms with Crippen molar-refractivity contribution in [2.24, 2.45) is 0 Å². The molecule has 0 N–H and O–H groups in total. The van der Waals surface area contributed by atoms with E-state index in [1.54, 1.807) is 0 Å². The van der Waals surface area contributed by atoms with E-state index in [1.165, 1.54) is 5.69 Å². The molecule has 3 heterocycles. The Morgan fingerprint density at radius 1 is 1.00 bits per heavy atom. The van der Waals surface area contributed by atoms with Crippen LogP contribution in [0.2, 0.25) is 0 Å². The average Bonchev–Trinajstić information content (AvgIpc) is 2.87. The van der Waals surface area contributed by atoms with E-state index in [0.717, 1.165) is 37.4 Å². The van der Waals surface area contributed by atoms with Crippen molar-refractivity contribution in [2.75, 3.05) is 13.6 Å². The second-order valence-electron chi connectivity index (χ2n) is 4.55. The van der Waals surface area contributed by atoms with Gasteiger partial charge in [0.2, 0.25) is 0 Å². The van der Waals surface area contributed by atoms with E-state index in [0.29, 0.717) is 0 Å². The average molecular weight is 288 g/mol. The minimum absolute atomic E-state index is 0.954. The van der Waals surface area contributed by atoms with Crippen LogP contribution in [0.3, 0.4) is 0 Å². The fourth-order valence-corrected chi connectivity index (χ4v) is 2.26. The summed E-state index contributed by atoms with van der Waals surface area (Å²) in [5.74, 6) is 0. The van der Waals surface area contributed by atoms with E-state index in [2.05, 4.69) is 32.8 Å². The fourth-order valence-electron chi connectivity index (χ4n) is 2.26. The highest BCUT2D eigenvalue weighted by atomic mass is 15.3. The largest absolute Gasteiger partial charge is 0.300 e. The molecule has 0 aromatic carbocycles. The molecule has 0 amide bonds. The van der Waals surface area contributed by atoms with Gasteiger partial charge in [-0.25, -0.2) is 0 Å². The fraction of sp³-hybridized carbons (Fsp3) is 0.529. The number of nitrogens with zero attached hydrogens (tertiary/aromatic N) is 4. The molecule has 2 aromatic heterocycles. The lowest BCUT2D eigenvalue weighted by atomic mass is 10.2. The van der Waals surface area contributed by atoms with Crippen molar-refractivity contribution in [1.29, 1.82) is 0 Å². The Morgan fingerprint density at radius 3 is 2.43 bits per heavy atom. The third-order valence-corrected chi connectivity index (χ3v) is 3.13. The number of aromatic nitrogens is 3. The van der Waals surface area contributed by atoms with Crippen molar-refractivity contribution in [3.63, 3.8) is 0 Å². The van der Waals surface area contributed by atoms with Crippen LogP contribution in [0.15, 0.2) is 30.5 Å². The summed E-state index contributed by atoms with van der Waals surface area (Å²) in [7, 11) is 2.16. The molecule has 1 aliphatic rings. The molecular weight excluding hydrogens is 260 g/mol. The van der Waals surface area contributed by atoms with Crippen molar-refractivity contribution >= 4 is 0 Å². The molecule has 1 aliphatic heterocycles. The molecule has 0 aliphatic carbocycles. The molecule has 0 unspecified atom stereocenters. The molecule has 0 saturated carbocycles. The molecule has 116 valence electrons. The molecule has 2 aromatic rings. The lowest BCUT2D eigenvalue weighted by Gasteiger charge is -2.10. The predicted molar refractivity (Wildman–Crippen MR) is 89.1 cm³/mol. The minimum atomic E-state index is 0.954. The molecule has 0 fully saturated rings. The maximum atomic E-state index is 4.64. The number of rotatable bonds is 1. The van der Waals surface area contributed by atoms with Gasteiger partial charge in [-0.2, -0.15) is 5.10 Å². The van der Waals surface area contributed by atoms with Gasteiger partial charge in [0, 0.05) is 25.8 Å². The van der Waals surface area contributed by atoms with Gasteiger partial charge in [0.1, 0.15) is 5.69 Å². The smallest absolute Gasteiger partial charge is 0.111 e. The van der Waals surface area contributed by atoms with Gasteiger partial charge in [0.15, 0.2) is 0 Å². The predicted octanol–water partition coefficient (Wildman–Crippen LogP) is 3.83. The summed E-state index contributed by atoms with van der Waals surface area (Å²) in [6.45, 7) is 11.1. The lowest BCUT2D eigenvalue weighted by Crippen LogP contribution is -2.16. The van der Waals surface area contributed by atoms with Crippen molar-refractivity contribution in [1.82, 2.24) is 19.7 Å². The molecule has 3 rings (SSSR count). The van der Waals surface area contributed by atoms with E-state index >= 15 is 0 Å². The van der Waals surface area contributed by atoms with Crippen LogP contribution in [-0.2, 0) is 13.1 Å². The summed E-state index contributed by atoms with van der Waals surface area (Å²) < 4.78 is 2.12. The van der Waals surface area contributed by atoms with Crippen LogP contribution in [0, 0.1) is 0 Å². The number of hydrogen-bond donors (Lipinski definition) is 0. The SMILES string of the molecule is CC.CC.CN1CCCn2nc(-c3ccccn3)cc2C1. The Hall–Kier alpha value is -1.68. The Balaban J connectivity index is 0.000000510. The lowest BCUT2D eigenvalue weighted by molar-refractivity contribution is 0.332. The van der Waals surface area contributed by atoms with Crippen LogP contribution in [0.25, 0.3) is 11.4 Å². The second kappa shape index (κ2) is 9.29. The van der Waals surface area contributed by atoms with E-state index < -0.39 is 0 Å². The number of pyridine rings is 1. The van der Waals surface area contributed by atoms with Crippen LogP contribution in [0.4, 0.5) is 0 Å². The first-order valence-corrected chi connectivity index (χ1v) is 7.99. The quantitative estimate of drug-likeness (QED) is 0.799. The van der Waals surface area contributed by atoms with Crippen molar-refractivity contribution < 1.29 is 0 Å². The maximum absolute atomic E-state index is 4.64. The van der Waals surface area contributed by atoms with E-state index in [9.17, 15) is 0 Å². The molecule has 4 heteroatoms. The molecule has 0 atom stereocenters. The molecule has 0 bridgehead atoms. The first-order valence-electron chi connectivity index (χ1n) is 7.99. The second-order valence-corrected chi connectivity index (χ2v) is 4.55. The van der Waals surface area contributed by atoms with Crippen LogP contribution in [0.5, 0.6) is 0 Å². The van der Waals surface area contributed by atoms with E-state index in [1.807, 2.05) is 52.1 Å². The Morgan fingerprint density at radius 2 is 1.76 bits per heavy atom. The van der Waals surface area contributed by atoms with Gasteiger partial charge >= 0.3 is 0 Å². The van der Waals surface area contributed by atoms with Gasteiger partial charge in [0.25, 0.3) is 0 Å². The van der Waals surface area contributed by atoms with Crippen molar-refractivity contribution in [3.05, 3.63) is 36.2 Å². The van der Waals surface area contributed by atoms with E-state index in [-0.39, 0.29) is 0 Å². The highest BCUT2D eigenvalue weighted by Crippen LogP contribution is 2.19. The summed E-state index contributed by atoms with van der Waals surface area (Å²) >= 11 is 0. The van der Waals surface area contributed by atoms with Gasteiger partial charge in [-0.15, -0.1) is 0 Å². The minimum Gasteiger partial charge on any atom is -0.300 e. The van der Waals surface area contributed by atoms with Gasteiger partial charge in [-0.05, 0) is 31.7 Å². The summed E-state index contributed by atoms with van der Waals surface area (Å²) in [6.07, 6.45) is 2.97. The first kappa shape index (κ1) is 17.4. The molecule has 4 nitrogen and oxygen atoms in total. The monoisotopic (exact) mass is 288 g/mol. The van der Waals surface area contributed by atoms with Crippen LogP contribution >= 0.6 is 0 Å². The Labute approximate surface area is 128 Å². The molecule has 0 radical (unpaired) electrons. The Kier molecular flexibility index (Phi) is 7.69. The number of hydrogen-bond acceptors (Lipinski definition) is 3. The molecule has 0 spiro atoms. The normalized spacial score (nSPS) is 14.0. The highest BCUT2D eigenvalue weighted by molar-refractivity contribution is 5.53. The zero-order valence-electron chi connectivity index (χ0n) is 14.0. The van der Waals surface area contributed by atoms with Crippen molar-refractivity contribution in [3.8, 4) is 11.4 Å². The zero-order chi connectivity index (χ0) is 15.7. The first-order chi connectivity index (χ1) is 10.3. The van der Waals surface area contributed by atoms with Crippen LogP contribution in [0.1, 0.15) is 39.8 Å². The summed E-state index contributed by atoms with van der Waals surface area (Å²) in [6, 6.07) is 8.09. The molecule has 21 heavy (non-hydrogen) atoms. The standard InChI is InChI=1S/C13H16N4.2C2H6/c1-16-7-4-8-17-11(10-16)9-13(15-17)12-5-2-3-6-14-12;2*1-2/h2-3,5-6,9H,4,7-8,10H2,1H3;2*1-2H3. The topological polar surface area (TPSA) is 34.0 Å². The van der Waals surface area contributed by atoms with Gasteiger partial charge in [0.05, 0.1) is 11.4 Å². The number of aryl methyl sites for hydroxylation is 1. The van der Waals surface area contributed by atoms with E-state index in [4.69, 9.17) is 0 Å². The van der Waals surface area contributed by atoms with Gasteiger partial charge in [-0.1, -0.05) is 33.8 Å². The summed E-state index contributed by atoms with van der Waals surface area (Å²) in [5.41, 5.74) is 3.22.